The maximum Gasteiger partial charge on any atom is 0.228 e. The molecule has 25 heavy (non-hydrogen) atoms. The summed E-state index contributed by atoms with van der Waals surface area (Å²) in [6.45, 7) is 2.46. The van der Waals surface area contributed by atoms with Crippen LogP contribution in [0.1, 0.15) is 18.4 Å². The molecule has 3 nitrogen and oxygen atoms in total. The third kappa shape index (κ3) is 5.33. The van der Waals surface area contributed by atoms with Crippen molar-refractivity contribution >= 4 is 57.4 Å². The van der Waals surface area contributed by atoms with Crippen LogP contribution in [-0.4, -0.2) is 23.9 Å². The van der Waals surface area contributed by atoms with E-state index in [1.807, 2.05) is 36.4 Å². The molecule has 0 radical (unpaired) electrons. The molecular weight excluding hydrogens is 470 g/mol. The molecule has 0 aromatic heterocycles. The zero-order chi connectivity index (χ0) is 17.8. The van der Waals surface area contributed by atoms with E-state index >= 15 is 0 Å². The molecule has 0 saturated carbocycles. The highest BCUT2D eigenvalue weighted by Crippen LogP contribution is 2.25. The van der Waals surface area contributed by atoms with E-state index in [2.05, 4.69) is 32.8 Å². The van der Waals surface area contributed by atoms with Crippen LogP contribution in [-0.2, 0) is 11.3 Å². The number of amides is 1. The van der Waals surface area contributed by atoms with Crippen molar-refractivity contribution in [2.24, 2.45) is 5.92 Å². The van der Waals surface area contributed by atoms with Crippen LogP contribution in [0.2, 0.25) is 10.0 Å². The highest BCUT2D eigenvalue weighted by Gasteiger charge is 2.26. The molecule has 0 bridgehead atoms. The van der Waals surface area contributed by atoms with Gasteiger partial charge in [-0.3, -0.25) is 9.69 Å². The molecule has 1 atom stereocenters. The fourth-order valence-electron chi connectivity index (χ4n) is 3.08. The van der Waals surface area contributed by atoms with Gasteiger partial charge in [0.25, 0.3) is 0 Å². The van der Waals surface area contributed by atoms with Crippen molar-refractivity contribution < 1.29 is 4.79 Å². The molecular formula is C19H19Cl2IN2O. The monoisotopic (exact) mass is 488 g/mol. The Hall–Kier alpha value is -0.820. The van der Waals surface area contributed by atoms with E-state index in [9.17, 15) is 4.79 Å². The summed E-state index contributed by atoms with van der Waals surface area (Å²) in [4.78, 5) is 14.9. The summed E-state index contributed by atoms with van der Waals surface area (Å²) >= 11 is 14.5. The molecule has 0 aliphatic carbocycles. The molecule has 6 heteroatoms. The molecule has 1 N–H and O–H groups in total. The van der Waals surface area contributed by atoms with Crippen LogP contribution in [0.4, 0.5) is 5.69 Å². The highest BCUT2D eigenvalue weighted by atomic mass is 127. The van der Waals surface area contributed by atoms with Gasteiger partial charge in [0.05, 0.1) is 5.92 Å². The average molecular weight is 489 g/mol. The minimum atomic E-state index is -0.000830. The van der Waals surface area contributed by atoms with Gasteiger partial charge in [-0.1, -0.05) is 29.3 Å². The first kappa shape index (κ1) is 19.0. The first-order valence-electron chi connectivity index (χ1n) is 8.24. The standard InChI is InChI=1S/C19H19Cl2IN2O/c20-15-4-3-13(18(21)10-15)11-24-9-1-2-14(12-24)19(25)23-17-7-5-16(22)6-8-17/h3-8,10,14H,1-2,9,11-12H2,(H,23,25). The first-order valence-corrected chi connectivity index (χ1v) is 10.1. The zero-order valence-corrected chi connectivity index (χ0v) is 17.3. The highest BCUT2D eigenvalue weighted by molar-refractivity contribution is 14.1. The van der Waals surface area contributed by atoms with Crippen molar-refractivity contribution in [1.29, 1.82) is 0 Å². The number of carbonyl (C=O) groups is 1. The van der Waals surface area contributed by atoms with Crippen molar-refractivity contribution in [1.82, 2.24) is 4.90 Å². The molecule has 0 spiro atoms. The van der Waals surface area contributed by atoms with Gasteiger partial charge in [0, 0.05) is 32.4 Å². The number of piperidine rings is 1. The van der Waals surface area contributed by atoms with Gasteiger partial charge in [-0.15, -0.1) is 0 Å². The van der Waals surface area contributed by atoms with Gasteiger partial charge >= 0.3 is 0 Å². The number of likely N-dealkylation sites (tertiary alicyclic amines) is 1. The summed E-state index contributed by atoms with van der Waals surface area (Å²) in [6.07, 6.45) is 1.93. The maximum absolute atomic E-state index is 12.6. The molecule has 1 aliphatic heterocycles. The molecule has 1 amide bonds. The number of halogens is 3. The van der Waals surface area contributed by atoms with Crippen LogP contribution in [0, 0.1) is 9.49 Å². The number of hydrogen-bond donors (Lipinski definition) is 1. The van der Waals surface area contributed by atoms with Gasteiger partial charge in [-0.25, -0.2) is 0 Å². The molecule has 1 aliphatic rings. The molecule has 3 rings (SSSR count). The van der Waals surface area contributed by atoms with E-state index in [0.717, 1.165) is 47.3 Å². The summed E-state index contributed by atoms with van der Waals surface area (Å²) in [5.74, 6) is 0.0900. The first-order chi connectivity index (χ1) is 12.0. The fraction of sp³-hybridized carbons (Fsp3) is 0.316. The number of benzene rings is 2. The van der Waals surface area contributed by atoms with E-state index in [-0.39, 0.29) is 11.8 Å². The van der Waals surface area contributed by atoms with Gasteiger partial charge in [-0.2, -0.15) is 0 Å². The van der Waals surface area contributed by atoms with Crippen molar-refractivity contribution in [3.63, 3.8) is 0 Å². The number of nitrogens with one attached hydrogen (secondary N) is 1. The number of carbonyl (C=O) groups excluding carboxylic acids is 1. The Kier molecular flexibility index (Phi) is 6.61. The van der Waals surface area contributed by atoms with Gasteiger partial charge in [0.1, 0.15) is 0 Å². The Labute approximate surface area is 171 Å². The predicted octanol–water partition coefficient (Wildman–Crippen LogP) is 5.45. The van der Waals surface area contributed by atoms with E-state index in [4.69, 9.17) is 23.2 Å². The third-order valence-corrected chi connectivity index (χ3v) is 5.70. The predicted molar refractivity (Wildman–Crippen MR) is 112 cm³/mol. The quantitative estimate of drug-likeness (QED) is 0.580. The minimum absolute atomic E-state index is 0.000830. The molecule has 1 heterocycles. The Morgan fingerprint density at radius 2 is 1.96 bits per heavy atom. The lowest BCUT2D eigenvalue weighted by atomic mass is 9.96. The fourth-order valence-corrected chi connectivity index (χ4v) is 3.91. The summed E-state index contributed by atoms with van der Waals surface area (Å²) < 4.78 is 1.15. The number of hydrogen-bond acceptors (Lipinski definition) is 2. The lowest BCUT2D eigenvalue weighted by molar-refractivity contribution is -0.121. The third-order valence-electron chi connectivity index (χ3n) is 4.40. The van der Waals surface area contributed by atoms with Crippen molar-refractivity contribution in [2.75, 3.05) is 18.4 Å². The lowest BCUT2D eigenvalue weighted by Gasteiger charge is -2.32. The molecule has 1 saturated heterocycles. The average Bonchev–Trinajstić information content (AvgIpc) is 2.60. The van der Waals surface area contributed by atoms with E-state index in [1.165, 1.54) is 0 Å². The molecule has 2 aromatic carbocycles. The van der Waals surface area contributed by atoms with Gasteiger partial charge in [-0.05, 0) is 83.9 Å². The second kappa shape index (κ2) is 8.71. The summed E-state index contributed by atoms with van der Waals surface area (Å²) in [5.41, 5.74) is 1.90. The van der Waals surface area contributed by atoms with Crippen LogP contribution in [0.15, 0.2) is 42.5 Å². The van der Waals surface area contributed by atoms with Gasteiger partial charge in [0.15, 0.2) is 0 Å². The topological polar surface area (TPSA) is 32.3 Å². The zero-order valence-electron chi connectivity index (χ0n) is 13.6. The maximum atomic E-state index is 12.6. The molecule has 132 valence electrons. The number of rotatable bonds is 4. The van der Waals surface area contributed by atoms with Crippen LogP contribution >= 0.6 is 45.8 Å². The van der Waals surface area contributed by atoms with E-state index < -0.39 is 0 Å². The van der Waals surface area contributed by atoms with Crippen LogP contribution in [0.3, 0.4) is 0 Å². The SMILES string of the molecule is O=C(Nc1ccc(I)cc1)C1CCCN(Cc2ccc(Cl)cc2Cl)C1. The van der Waals surface area contributed by atoms with E-state index in [1.54, 1.807) is 6.07 Å². The van der Waals surface area contributed by atoms with E-state index in [0.29, 0.717) is 10.0 Å². The number of nitrogens with zero attached hydrogens (tertiary/aromatic N) is 1. The Bertz CT molecular complexity index is 752. The smallest absolute Gasteiger partial charge is 0.228 e. The summed E-state index contributed by atoms with van der Waals surface area (Å²) in [6, 6.07) is 13.4. The molecule has 1 unspecified atom stereocenters. The molecule has 1 fully saturated rings. The Balaban J connectivity index is 1.60. The van der Waals surface area contributed by atoms with Crippen molar-refractivity contribution in [3.05, 3.63) is 61.6 Å². The van der Waals surface area contributed by atoms with Gasteiger partial charge < -0.3 is 5.32 Å². The van der Waals surface area contributed by atoms with Crippen molar-refractivity contribution in [3.8, 4) is 0 Å². The van der Waals surface area contributed by atoms with Crippen LogP contribution < -0.4 is 5.32 Å². The summed E-state index contributed by atoms with van der Waals surface area (Å²) in [7, 11) is 0. The number of anilines is 1. The Morgan fingerprint density at radius 1 is 1.20 bits per heavy atom. The second-order valence-electron chi connectivity index (χ2n) is 6.31. The second-order valence-corrected chi connectivity index (χ2v) is 8.40. The molecule has 2 aromatic rings. The normalized spacial score (nSPS) is 18.1. The largest absolute Gasteiger partial charge is 0.326 e. The lowest BCUT2D eigenvalue weighted by Crippen LogP contribution is -2.40. The van der Waals surface area contributed by atoms with Crippen molar-refractivity contribution in [2.45, 2.75) is 19.4 Å². The minimum Gasteiger partial charge on any atom is -0.326 e. The van der Waals surface area contributed by atoms with Gasteiger partial charge in [0.2, 0.25) is 5.91 Å². The summed E-state index contributed by atoms with van der Waals surface area (Å²) in [5, 5.41) is 4.35. The Morgan fingerprint density at radius 3 is 2.68 bits per heavy atom. The van der Waals surface area contributed by atoms with Crippen LogP contribution in [0.5, 0.6) is 0 Å². The van der Waals surface area contributed by atoms with Crippen LogP contribution in [0.25, 0.3) is 0 Å².